The van der Waals surface area contributed by atoms with Crippen LogP contribution >= 0.6 is 0 Å². The van der Waals surface area contributed by atoms with Gasteiger partial charge in [0.2, 0.25) is 5.91 Å². The van der Waals surface area contributed by atoms with E-state index in [9.17, 15) is 4.79 Å². The number of carbonyl (C=O) groups is 1. The van der Waals surface area contributed by atoms with Gasteiger partial charge in [-0.25, -0.2) is 9.67 Å². The van der Waals surface area contributed by atoms with Crippen LogP contribution in [0.5, 0.6) is 0 Å². The van der Waals surface area contributed by atoms with E-state index in [0.29, 0.717) is 13.2 Å². The molecule has 0 aliphatic carbocycles. The molecule has 1 aliphatic rings. The number of ether oxygens (including phenoxy) is 2. The smallest absolute Gasteiger partial charge is 0.249 e. The first-order valence-electron chi connectivity index (χ1n) is 9.47. The van der Waals surface area contributed by atoms with Gasteiger partial charge in [0.1, 0.15) is 12.7 Å². The second-order valence-electron chi connectivity index (χ2n) is 6.94. The van der Waals surface area contributed by atoms with Crippen LogP contribution in [0, 0.1) is 0 Å². The molecule has 1 aliphatic heterocycles. The predicted molar refractivity (Wildman–Crippen MR) is 101 cm³/mol. The number of hydrogen-bond acceptors (Lipinski definition) is 5. The number of amides is 1. The molecule has 3 rings (SSSR count). The van der Waals surface area contributed by atoms with Crippen molar-refractivity contribution in [2.75, 3.05) is 20.3 Å². The minimum atomic E-state index is -0.378. The third-order valence-electron chi connectivity index (χ3n) is 4.78. The number of nitrogens with zero attached hydrogens (tertiary/aromatic N) is 4. The Balaban J connectivity index is 2.06. The van der Waals surface area contributed by atoms with E-state index < -0.39 is 0 Å². The highest BCUT2D eigenvalue weighted by molar-refractivity contribution is 5.79. The molecule has 0 radical (unpaired) electrons. The summed E-state index contributed by atoms with van der Waals surface area (Å²) in [7, 11) is 1.67. The topological polar surface area (TPSA) is 69.5 Å². The summed E-state index contributed by atoms with van der Waals surface area (Å²) in [5.41, 5.74) is 1.03. The standard InChI is InChI=1S/C20H28N4O3/c1-5-16-21-20(23(22-16)11-12-26-4)19-18(15-9-7-6-8-10-15)24(14(2)3)17(25)13-27-19/h6-10,14,18-19H,5,11-13H2,1-4H3/t18-,19+/m1/s1. The molecule has 1 fully saturated rings. The molecule has 1 saturated heterocycles. The average molecular weight is 372 g/mol. The summed E-state index contributed by atoms with van der Waals surface area (Å²) in [4.78, 5) is 19.3. The second-order valence-corrected chi connectivity index (χ2v) is 6.94. The van der Waals surface area contributed by atoms with Gasteiger partial charge in [0, 0.05) is 19.6 Å². The molecule has 1 amide bonds. The normalized spacial score (nSPS) is 20.5. The summed E-state index contributed by atoms with van der Waals surface area (Å²) in [6.45, 7) is 7.27. The van der Waals surface area contributed by atoms with Crippen LogP contribution in [-0.2, 0) is 27.2 Å². The molecule has 1 aromatic heterocycles. The molecular weight excluding hydrogens is 344 g/mol. The van der Waals surface area contributed by atoms with Gasteiger partial charge in [0.15, 0.2) is 11.6 Å². The average Bonchev–Trinajstić information content (AvgIpc) is 3.09. The van der Waals surface area contributed by atoms with Crippen molar-refractivity contribution >= 4 is 5.91 Å². The minimum absolute atomic E-state index is 0.00576. The summed E-state index contributed by atoms with van der Waals surface area (Å²) in [5, 5.41) is 4.60. The molecule has 146 valence electrons. The van der Waals surface area contributed by atoms with Crippen molar-refractivity contribution in [3.8, 4) is 0 Å². The van der Waals surface area contributed by atoms with Gasteiger partial charge in [0.05, 0.1) is 19.2 Å². The zero-order valence-electron chi connectivity index (χ0n) is 16.5. The number of methoxy groups -OCH3 is 1. The maximum atomic E-state index is 12.7. The molecular formula is C20H28N4O3. The molecule has 2 heterocycles. The highest BCUT2D eigenvalue weighted by Crippen LogP contribution is 2.40. The molecule has 2 aromatic rings. The third-order valence-corrected chi connectivity index (χ3v) is 4.78. The number of rotatable bonds is 7. The van der Waals surface area contributed by atoms with Crippen LogP contribution in [0.4, 0.5) is 0 Å². The Hall–Kier alpha value is -2.25. The lowest BCUT2D eigenvalue weighted by molar-refractivity contribution is -0.163. The Morgan fingerprint density at radius 1 is 1.30 bits per heavy atom. The van der Waals surface area contributed by atoms with Gasteiger partial charge >= 0.3 is 0 Å². The zero-order chi connectivity index (χ0) is 19.4. The quantitative estimate of drug-likeness (QED) is 0.747. The fourth-order valence-electron chi connectivity index (χ4n) is 3.54. The lowest BCUT2D eigenvalue weighted by atomic mass is 9.95. The molecule has 27 heavy (non-hydrogen) atoms. The first kappa shape index (κ1) is 19.5. The van der Waals surface area contributed by atoms with Gasteiger partial charge in [-0.05, 0) is 19.4 Å². The van der Waals surface area contributed by atoms with E-state index in [-0.39, 0.29) is 30.7 Å². The maximum absolute atomic E-state index is 12.7. The lowest BCUT2D eigenvalue weighted by Gasteiger charge is -2.43. The van der Waals surface area contributed by atoms with E-state index >= 15 is 0 Å². The largest absolute Gasteiger partial charge is 0.383 e. The molecule has 1 aromatic carbocycles. The van der Waals surface area contributed by atoms with Crippen LogP contribution in [0.1, 0.15) is 50.1 Å². The van der Waals surface area contributed by atoms with Crippen molar-refractivity contribution < 1.29 is 14.3 Å². The first-order chi connectivity index (χ1) is 13.1. The third kappa shape index (κ3) is 4.04. The van der Waals surface area contributed by atoms with Crippen molar-refractivity contribution in [2.24, 2.45) is 0 Å². The van der Waals surface area contributed by atoms with Crippen molar-refractivity contribution in [3.05, 3.63) is 47.5 Å². The summed E-state index contributed by atoms with van der Waals surface area (Å²) < 4.78 is 13.1. The predicted octanol–water partition coefficient (Wildman–Crippen LogP) is 2.54. The summed E-state index contributed by atoms with van der Waals surface area (Å²) in [5.74, 6) is 1.51. The fraction of sp³-hybridized carbons (Fsp3) is 0.550. The lowest BCUT2D eigenvalue weighted by Crippen LogP contribution is -2.49. The number of aromatic nitrogens is 3. The van der Waals surface area contributed by atoms with Crippen LogP contribution in [-0.4, -0.2) is 51.9 Å². The maximum Gasteiger partial charge on any atom is 0.249 e. The van der Waals surface area contributed by atoms with Crippen LogP contribution < -0.4 is 0 Å². The van der Waals surface area contributed by atoms with Crippen LogP contribution in [0.25, 0.3) is 0 Å². The Kier molecular flexibility index (Phi) is 6.23. The zero-order valence-corrected chi connectivity index (χ0v) is 16.5. The fourth-order valence-corrected chi connectivity index (χ4v) is 3.54. The Labute approximate surface area is 160 Å². The second kappa shape index (κ2) is 8.63. The number of hydrogen-bond donors (Lipinski definition) is 0. The Morgan fingerprint density at radius 3 is 2.67 bits per heavy atom. The molecule has 0 unspecified atom stereocenters. The Bertz CT molecular complexity index is 760. The summed E-state index contributed by atoms with van der Waals surface area (Å²) >= 11 is 0. The van der Waals surface area contributed by atoms with E-state index in [1.807, 2.05) is 60.7 Å². The number of carbonyl (C=O) groups excluding carboxylic acids is 1. The van der Waals surface area contributed by atoms with Gasteiger partial charge in [-0.15, -0.1) is 0 Å². The first-order valence-corrected chi connectivity index (χ1v) is 9.47. The van der Waals surface area contributed by atoms with Crippen LogP contribution in [0.2, 0.25) is 0 Å². The van der Waals surface area contributed by atoms with Gasteiger partial charge in [-0.1, -0.05) is 37.3 Å². The van der Waals surface area contributed by atoms with Gasteiger partial charge < -0.3 is 14.4 Å². The van der Waals surface area contributed by atoms with Gasteiger partial charge in [0.25, 0.3) is 0 Å². The number of aryl methyl sites for hydroxylation is 1. The summed E-state index contributed by atoms with van der Waals surface area (Å²) in [6, 6.07) is 9.81. The van der Waals surface area contributed by atoms with Crippen LogP contribution in [0.15, 0.2) is 30.3 Å². The van der Waals surface area contributed by atoms with Gasteiger partial charge in [-0.2, -0.15) is 5.10 Å². The molecule has 0 bridgehead atoms. The molecule has 7 heteroatoms. The van der Waals surface area contributed by atoms with Gasteiger partial charge in [-0.3, -0.25) is 4.79 Å². The van der Waals surface area contributed by atoms with Crippen molar-refractivity contribution in [1.82, 2.24) is 19.7 Å². The molecule has 7 nitrogen and oxygen atoms in total. The summed E-state index contributed by atoms with van der Waals surface area (Å²) in [6.07, 6.45) is 0.361. The highest BCUT2D eigenvalue weighted by atomic mass is 16.5. The van der Waals surface area contributed by atoms with E-state index in [1.54, 1.807) is 7.11 Å². The van der Waals surface area contributed by atoms with E-state index in [0.717, 1.165) is 23.6 Å². The van der Waals surface area contributed by atoms with E-state index in [2.05, 4.69) is 5.10 Å². The van der Waals surface area contributed by atoms with E-state index in [4.69, 9.17) is 14.5 Å². The van der Waals surface area contributed by atoms with Crippen LogP contribution in [0.3, 0.4) is 0 Å². The van der Waals surface area contributed by atoms with Crippen molar-refractivity contribution in [1.29, 1.82) is 0 Å². The number of morpholine rings is 1. The Morgan fingerprint density at radius 2 is 2.04 bits per heavy atom. The molecule has 2 atom stereocenters. The van der Waals surface area contributed by atoms with Crippen molar-refractivity contribution in [2.45, 2.75) is 51.9 Å². The van der Waals surface area contributed by atoms with E-state index in [1.165, 1.54) is 0 Å². The monoisotopic (exact) mass is 372 g/mol. The molecule has 0 spiro atoms. The SMILES string of the molecule is CCc1nc([C@H]2OCC(=O)N(C(C)C)[C@@H]2c2ccccc2)n(CCOC)n1. The molecule has 0 saturated carbocycles. The number of benzene rings is 1. The molecule has 0 N–H and O–H groups in total. The highest BCUT2D eigenvalue weighted by Gasteiger charge is 2.42. The minimum Gasteiger partial charge on any atom is -0.383 e. The van der Waals surface area contributed by atoms with Crippen molar-refractivity contribution in [3.63, 3.8) is 0 Å².